The minimum Gasteiger partial charge on any atom is -0.369 e. The molecule has 6 nitrogen and oxygen atoms in total. The van der Waals surface area contributed by atoms with E-state index in [1.54, 1.807) is 0 Å². The number of nitrogens with zero attached hydrogens (tertiary/aromatic N) is 4. The Morgan fingerprint density at radius 2 is 1.52 bits per heavy atom. The topological polar surface area (TPSA) is 61.4 Å². The third-order valence-electron chi connectivity index (χ3n) is 5.95. The van der Waals surface area contributed by atoms with Gasteiger partial charge in [0, 0.05) is 38.1 Å². The number of nitrogens with one attached hydrogen (secondary N) is 1. The molecule has 0 spiro atoms. The Morgan fingerprint density at radius 1 is 0.880 bits per heavy atom. The van der Waals surface area contributed by atoms with Gasteiger partial charge in [-0.3, -0.25) is 4.79 Å². The van der Waals surface area contributed by atoms with E-state index in [-0.39, 0.29) is 11.8 Å². The Labute approximate surface area is 150 Å². The van der Waals surface area contributed by atoms with Crippen LogP contribution in [0.3, 0.4) is 0 Å². The quantitative estimate of drug-likeness (QED) is 0.909. The highest BCUT2D eigenvalue weighted by atomic mass is 16.1. The Hall–Kier alpha value is -1.85. The third kappa shape index (κ3) is 3.88. The van der Waals surface area contributed by atoms with Crippen molar-refractivity contribution in [3.8, 4) is 0 Å². The van der Waals surface area contributed by atoms with E-state index < -0.39 is 0 Å². The van der Waals surface area contributed by atoms with Crippen molar-refractivity contribution in [3.05, 3.63) is 12.4 Å². The van der Waals surface area contributed by atoms with Gasteiger partial charge in [-0.1, -0.05) is 12.8 Å². The van der Waals surface area contributed by atoms with E-state index in [0.717, 1.165) is 63.5 Å². The van der Waals surface area contributed by atoms with Gasteiger partial charge in [-0.05, 0) is 38.5 Å². The van der Waals surface area contributed by atoms with Crippen LogP contribution in [0.2, 0.25) is 0 Å². The van der Waals surface area contributed by atoms with Gasteiger partial charge in [0.1, 0.15) is 0 Å². The van der Waals surface area contributed by atoms with Crippen molar-refractivity contribution < 1.29 is 4.79 Å². The van der Waals surface area contributed by atoms with Crippen LogP contribution in [0.1, 0.15) is 51.4 Å². The molecule has 0 aromatic carbocycles. The maximum Gasteiger partial charge on any atom is 0.225 e. The Bertz CT molecular complexity index is 570. The molecule has 3 heterocycles. The molecule has 0 radical (unpaired) electrons. The van der Waals surface area contributed by atoms with Crippen LogP contribution in [-0.2, 0) is 4.79 Å². The van der Waals surface area contributed by atoms with Crippen LogP contribution in [0.5, 0.6) is 0 Å². The average Bonchev–Trinajstić information content (AvgIpc) is 3.36. The largest absolute Gasteiger partial charge is 0.369 e. The SMILES string of the molecule is O=C(NC1CCCC1)C1CCN(c2cnc(N3CCCC3)nc2)CC1. The van der Waals surface area contributed by atoms with Gasteiger partial charge in [-0.15, -0.1) is 0 Å². The second-order valence-electron chi connectivity index (χ2n) is 7.69. The summed E-state index contributed by atoms with van der Waals surface area (Å²) in [5.74, 6) is 1.29. The van der Waals surface area contributed by atoms with E-state index in [4.69, 9.17) is 0 Å². The number of rotatable bonds is 4. The molecule has 4 rings (SSSR count). The number of hydrogen-bond acceptors (Lipinski definition) is 5. The van der Waals surface area contributed by atoms with Crippen molar-refractivity contribution in [2.45, 2.75) is 57.4 Å². The van der Waals surface area contributed by atoms with E-state index in [1.165, 1.54) is 25.7 Å². The van der Waals surface area contributed by atoms with Crippen molar-refractivity contribution in [2.75, 3.05) is 36.0 Å². The molecule has 1 aromatic heterocycles. The van der Waals surface area contributed by atoms with Crippen molar-refractivity contribution in [1.82, 2.24) is 15.3 Å². The van der Waals surface area contributed by atoms with Crippen LogP contribution >= 0.6 is 0 Å². The molecule has 1 N–H and O–H groups in total. The highest BCUT2D eigenvalue weighted by Crippen LogP contribution is 2.25. The van der Waals surface area contributed by atoms with E-state index in [2.05, 4.69) is 25.1 Å². The number of anilines is 2. The molecular formula is C19H29N5O. The van der Waals surface area contributed by atoms with Crippen molar-refractivity contribution in [3.63, 3.8) is 0 Å². The van der Waals surface area contributed by atoms with E-state index in [1.807, 2.05) is 12.4 Å². The molecule has 3 fully saturated rings. The molecule has 6 heteroatoms. The summed E-state index contributed by atoms with van der Waals surface area (Å²) in [7, 11) is 0. The van der Waals surface area contributed by atoms with Crippen LogP contribution in [0.4, 0.5) is 11.6 Å². The number of piperidine rings is 1. The zero-order valence-electron chi connectivity index (χ0n) is 15.0. The molecule has 0 atom stereocenters. The maximum atomic E-state index is 12.4. The molecule has 1 aliphatic carbocycles. The van der Waals surface area contributed by atoms with Gasteiger partial charge in [-0.25, -0.2) is 9.97 Å². The summed E-state index contributed by atoms with van der Waals surface area (Å²) < 4.78 is 0. The maximum absolute atomic E-state index is 12.4. The van der Waals surface area contributed by atoms with Gasteiger partial charge in [0.05, 0.1) is 18.1 Å². The summed E-state index contributed by atoms with van der Waals surface area (Å²) in [6, 6.07) is 0.428. The molecule has 1 amide bonds. The third-order valence-corrected chi connectivity index (χ3v) is 5.95. The summed E-state index contributed by atoms with van der Waals surface area (Å²) >= 11 is 0. The minimum atomic E-state index is 0.168. The molecule has 1 aromatic rings. The molecular weight excluding hydrogens is 314 g/mol. The number of aromatic nitrogens is 2. The second kappa shape index (κ2) is 7.58. The fourth-order valence-corrected chi connectivity index (χ4v) is 4.35. The fourth-order valence-electron chi connectivity index (χ4n) is 4.35. The van der Waals surface area contributed by atoms with Gasteiger partial charge >= 0.3 is 0 Å². The monoisotopic (exact) mass is 343 g/mol. The number of carbonyl (C=O) groups excluding carboxylic acids is 1. The van der Waals surface area contributed by atoms with Crippen LogP contribution in [-0.4, -0.2) is 48.1 Å². The first-order chi connectivity index (χ1) is 12.3. The smallest absolute Gasteiger partial charge is 0.225 e. The second-order valence-corrected chi connectivity index (χ2v) is 7.69. The highest BCUT2D eigenvalue weighted by molar-refractivity contribution is 5.79. The lowest BCUT2D eigenvalue weighted by atomic mass is 9.95. The van der Waals surface area contributed by atoms with E-state index >= 15 is 0 Å². The van der Waals surface area contributed by atoms with Crippen molar-refractivity contribution in [1.29, 1.82) is 0 Å². The first-order valence-corrected chi connectivity index (χ1v) is 9.92. The van der Waals surface area contributed by atoms with Gasteiger partial charge in [0.25, 0.3) is 0 Å². The lowest BCUT2D eigenvalue weighted by Gasteiger charge is -2.33. The Balaban J connectivity index is 1.28. The lowest BCUT2D eigenvalue weighted by molar-refractivity contribution is -0.126. The molecule has 2 saturated heterocycles. The van der Waals surface area contributed by atoms with Crippen LogP contribution in [0, 0.1) is 5.92 Å². The van der Waals surface area contributed by atoms with Gasteiger partial charge < -0.3 is 15.1 Å². The van der Waals surface area contributed by atoms with Gasteiger partial charge in [0.2, 0.25) is 11.9 Å². The Kier molecular flexibility index (Phi) is 5.04. The summed E-state index contributed by atoms with van der Waals surface area (Å²) in [6.07, 6.45) is 13.0. The predicted octanol–water partition coefficient (Wildman–Crippen LogP) is 2.35. The zero-order chi connectivity index (χ0) is 17.1. The summed E-state index contributed by atoms with van der Waals surface area (Å²) in [5.41, 5.74) is 1.08. The molecule has 0 unspecified atom stereocenters. The standard InChI is InChI=1S/C19H29N5O/c25-18(22-16-5-1-2-6-16)15-7-11-23(12-8-15)17-13-20-19(21-14-17)24-9-3-4-10-24/h13-16H,1-12H2,(H,22,25). The molecule has 136 valence electrons. The minimum absolute atomic E-state index is 0.168. The van der Waals surface area contributed by atoms with E-state index in [0.29, 0.717) is 6.04 Å². The van der Waals surface area contributed by atoms with Crippen molar-refractivity contribution >= 4 is 17.5 Å². The van der Waals surface area contributed by atoms with Gasteiger partial charge in [0.15, 0.2) is 0 Å². The van der Waals surface area contributed by atoms with Crippen LogP contribution in [0.25, 0.3) is 0 Å². The first kappa shape index (κ1) is 16.6. The van der Waals surface area contributed by atoms with Crippen LogP contribution < -0.4 is 15.1 Å². The molecule has 3 aliphatic rings. The van der Waals surface area contributed by atoms with Crippen LogP contribution in [0.15, 0.2) is 12.4 Å². The number of hydrogen-bond donors (Lipinski definition) is 1. The molecule has 1 saturated carbocycles. The number of amides is 1. The highest BCUT2D eigenvalue weighted by Gasteiger charge is 2.27. The number of carbonyl (C=O) groups is 1. The summed E-state index contributed by atoms with van der Waals surface area (Å²) in [6.45, 7) is 3.96. The predicted molar refractivity (Wildman–Crippen MR) is 98.8 cm³/mol. The molecule has 0 bridgehead atoms. The van der Waals surface area contributed by atoms with E-state index in [9.17, 15) is 4.79 Å². The normalized spacial score (nSPS) is 22.6. The Morgan fingerprint density at radius 3 is 2.16 bits per heavy atom. The molecule has 25 heavy (non-hydrogen) atoms. The van der Waals surface area contributed by atoms with Crippen molar-refractivity contribution in [2.24, 2.45) is 5.92 Å². The fraction of sp³-hybridized carbons (Fsp3) is 0.737. The summed E-state index contributed by atoms with van der Waals surface area (Å²) in [5, 5.41) is 3.25. The zero-order valence-corrected chi connectivity index (χ0v) is 15.0. The summed E-state index contributed by atoms with van der Waals surface area (Å²) in [4.78, 5) is 26.1. The van der Waals surface area contributed by atoms with Gasteiger partial charge in [-0.2, -0.15) is 0 Å². The molecule has 2 aliphatic heterocycles. The lowest BCUT2D eigenvalue weighted by Crippen LogP contribution is -2.43. The average molecular weight is 343 g/mol. The first-order valence-electron chi connectivity index (χ1n) is 9.92.